The quantitative estimate of drug-likeness (QED) is 0.409. The number of carbonyl (C=O) groups is 1. The molecular weight excluding hydrogens is 390 g/mol. The molecule has 10 nitrogen and oxygen atoms in total. The Bertz CT molecular complexity index is 1060. The molecule has 0 unspecified atom stereocenters. The maximum atomic E-state index is 10.7. The molecule has 1 heterocycles. The van der Waals surface area contributed by atoms with E-state index >= 15 is 0 Å². The molecule has 30 heavy (non-hydrogen) atoms. The van der Waals surface area contributed by atoms with E-state index in [9.17, 15) is 9.90 Å². The van der Waals surface area contributed by atoms with Gasteiger partial charge in [-0.3, -0.25) is 0 Å². The van der Waals surface area contributed by atoms with Crippen LogP contribution in [-0.4, -0.2) is 48.2 Å². The van der Waals surface area contributed by atoms with Gasteiger partial charge in [0.15, 0.2) is 11.5 Å². The minimum Gasteiger partial charge on any atom is -0.546 e. The van der Waals surface area contributed by atoms with E-state index in [0.29, 0.717) is 22.8 Å². The van der Waals surface area contributed by atoms with E-state index in [1.54, 1.807) is 25.3 Å². The summed E-state index contributed by atoms with van der Waals surface area (Å²) >= 11 is 0. The van der Waals surface area contributed by atoms with Crippen LogP contribution < -0.4 is 24.7 Å². The summed E-state index contributed by atoms with van der Waals surface area (Å²) in [5.41, 5.74) is 4.48. The number of carboxylic acids is 1. The summed E-state index contributed by atoms with van der Waals surface area (Å²) in [5.74, 6) is 0.0377. The molecule has 0 saturated heterocycles. The smallest absolute Gasteiger partial charge is 0.263 e. The van der Waals surface area contributed by atoms with Gasteiger partial charge in [0.2, 0.25) is 0 Å². The molecule has 0 fully saturated rings. The third-order valence-electron chi connectivity index (χ3n) is 3.87. The summed E-state index contributed by atoms with van der Waals surface area (Å²) in [6.07, 6.45) is 2.94. The van der Waals surface area contributed by atoms with Gasteiger partial charge < -0.3 is 24.1 Å². The first-order valence-electron chi connectivity index (χ1n) is 8.74. The van der Waals surface area contributed by atoms with Crippen molar-refractivity contribution in [1.82, 2.24) is 15.2 Å². The van der Waals surface area contributed by atoms with Gasteiger partial charge in [0.1, 0.15) is 12.4 Å². The van der Waals surface area contributed by atoms with Crippen LogP contribution in [0.2, 0.25) is 0 Å². The zero-order chi connectivity index (χ0) is 21.3. The molecule has 1 N–H and O–H groups in total. The Morgan fingerprint density at radius 1 is 1.13 bits per heavy atom. The average Bonchev–Trinajstić information content (AvgIpc) is 2.78. The predicted octanol–water partition coefficient (Wildman–Crippen LogP) is 1.13. The summed E-state index contributed by atoms with van der Waals surface area (Å²) in [6, 6.07) is 12.4. The standard InChI is InChI=1S/C20H19N5O5/c1-28-16-8-4-3-7-14(16)15-11-22-25-20(23-15)24-21-10-13-6-5-9-17(29-2)19(13)30-12-18(26)27/h3-11H,12H2,1-2H3,(H,26,27)(H,23,24,25)/p-1/b21-10-. The van der Waals surface area contributed by atoms with Gasteiger partial charge in [0, 0.05) is 11.1 Å². The maximum absolute atomic E-state index is 10.7. The normalized spacial score (nSPS) is 10.6. The molecule has 3 rings (SSSR count). The highest BCUT2D eigenvalue weighted by atomic mass is 16.5. The first-order chi connectivity index (χ1) is 14.6. The molecule has 0 aliphatic carbocycles. The second-order valence-electron chi connectivity index (χ2n) is 5.77. The number of carboxylic acid groups (broad SMARTS) is 1. The zero-order valence-electron chi connectivity index (χ0n) is 16.2. The van der Waals surface area contributed by atoms with Crippen molar-refractivity contribution in [1.29, 1.82) is 0 Å². The number of aliphatic carboxylic acids is 1. The number of benzene rings is 2. The number of hydrogen-bond acceptors (Lipinski definition) is 10. The lowest BCUT2D eigenvalue weighted by Crippen LogP contribution is -2.29. The van der Waals surface area contributed by atoms with E-state index < -0.39 is 12.6 Å². The molecule has 2 aromatic carbocycles. The Morgan fingerprint density at radius 3 is 2.67 bits per heavy atom. The summed E-state index contributed by atoms with van der Waals surface area (Å²) in [4.78, 5) is 15.1. The highest BCUT2D eigenvalue weighted by molar-refractivity contribution is 5.85. The highest BCUT2D eigenvalue weighted by Gasteiger charge is 2.10. The monoisotopic (exact) mass is 408 g/mol. The molecule has 1 aromatic heterocycles. The predicted molar refractivity (Wildman–Crippen MR) is 107 cm³/mol. The van der Waals surface area contributed by atoms with Crippen molar-refractivity contribution in [2.45, 2.75) is 0 Å². The first-order valence-corrected chi connectivity index (χ1v) is 8.74. The third-order valence-corrected chi connectivity index (χ3v) is 3.87. The topological polar surface area (TPSA) is 131 Å². The van der Waals surface area contributed by atoms with Crippen molar-refractivity contribution < 1.29 is 24.1 Å². The second kappa shape index (κ2) is 9.82. The first kappa shape index (κ1) is 20.5. The molecule has 0 aliphatic rings. The van der Waals surface area contributed by atoms with Gasteiger partial charge in [0.25, 0.3) is 5.95 Å². The Kier molecular flexibility index (Phi) is 6.72. The van der Waals surface area contributed by atoms with Crippen LogP contribution in [0.25, 0.3) is 11.3 Å². The highest BCUT2D eigenvalue weighted by Crippen LogP contribution is 2.30. The minimum atomic E-state index is -1.35. The van der Waals surface area contributed by atoms with E-state index in [-0.39, 0.29) is 11.7 Å². The van der Waals surface area contributed by atoms with Crippen LogP contribution in [0.15, 0.2) is 53.8 Å². The van der Waals surface area contributed by atoms with Crippen LogP contribution >= 0.6 is 0 Å². The molecule has 154 valence electrons. The number of para-hydroxylation sites is 2. The summed E-state index contributed by atoms with van der Waals surface area (Å²) in [7, 11) is 3.02. The number of aromatic nitrogens is 3. The molecule has 0 spiro atoms. The van der Waals surface area contributed by atoms with Crippen LogP contribution in [0.1, 0.15) is 5.56 Å². The van der Waals surface area contributed by atoms with Crippen molar-refractivity contribution in [3.05, 3.63) is 54.2 Å². The number of nitrogens with one attached hydrogen (secondary N) is 1. The maximum Gasteiger partial charge on any atom is 0.263 e. The van der Waals surface area contributed by atoms with Crippen molar-refractivity contribution >= 4 is 18.1 Å². The van der Waals surface area contributed by atoms with Crippen molar-refractivity contribution in [2.24, 2.45) is 5.10 Å². The molecular formula is C20H18N5O5-. The molecule has 0 aliphatic heterocycles. The lowest BCUT2D eigenvalue weighted by Gasteiger charge is -2.13. The van der Waals surface area contributed by atoms with Crippen molar-refractivity contribution in [2.75, 3.05) is 26.3 Å². The van der Waals surface area contributed by atoms with Crippen LogP contribution in [0, 0.1) is 0 Å². The fourth-order valence-electron chi connectivity index (χ4n) is 2.58. The van der Waals surface area contributed by atoms with Gasteiger partial charge in [-0.1, -0.05) is 18.2 Å². The molecule has 3 aromatic rings. The average molecular weight is 408 g/mol. The second-order valence-corrected chi connectivity index (χ2v) is 5.77. The molecule has 0 amide bonds. The fraction of sp³-hybridized carbons (Fsp3) is 0.150. The van der Waals surface area contributed by atoms with Crippen molar-refractivity contribution in [3.63, 3.8) is 0 Å². The van der Waals surface area contributed by atoms with E-state index in [1.807, 2.05) is 24.3 Å². The van der Waals surface area contributed by atoms with Gasteiger partial charge in [0.05, 0.1) is 38.3 Å². The van der Waals surface area contributed by atoms with Crippen molar-refractivity contribution in [3.8, 4) is 28.5 Å². The van der Waals surface area contributed by atoms with E-state index in [4.69, 9.17) is 14.2 Å². The Balaban J connectivity index is 1.80. The fourth-order valence-corrected chi connectivity index (χ4v) is 2.58. The third kappa shape index (κ3) is 4.98. The van der Waals surface area contributed by atoms with Crippen LogP contribution in [0.5, 0.6) is 17.2 Å². The lowest BCUT2D eigenvalue weighted by atomic mass is 10.1. The minimum absolute atomic E-state index is 0.162. The Morgan fingerprint density at radius 2 is 1.90 bits per heavy atom. The Labute approximate surface area is 172 Å². The van der Waals surface area contributed by atoms with Crippen LogP contribution in [0.3, 0.4) is 0 Å². The van der Waals surface area contributed by atoms with Gasteiger partial charge in [-0.25, -0.2) is 10.4 Å². The number of carbonyl (C=O) groups excluding carboxylic acids is 1. The van der Waals surface area contributed by atoms with E-state index in [2.05, 4.69) is 25.7 Å². The number of anilines is 1. The summed E-state index contributed by atoms with van der Waals surface area (Å²) in [5, 5.41) is 22.6. The number of rotatable bonds is 9. The number of methoxy groups -OCH3 is 2. The molecule has 10 heteroatoms. The van der Waals surface area contributed by atoms with Gasteiger partial charge in [-0.15, -0.1) is 5.10 Å². The molecule has 0 atom stereocenters. The zero-order valence-corrected chi connectivity index (χ0v) is 16.2. The summed E-state index contributed by atoms with van der Waals surface area (Å²) in [6.45, 7) is -0.622. The number of nitrogens with zero attached hydrogens (tertiary/aromatic N) is 4. The molecule has 0 radical (unpaired) electrons. The van der Waals surface area contributed by atoms with E-state index in [0.717, 1.165) is 5.56 Å². The van der Waals surface area contributed by atoms with E-state index in [1.165, 1.54) is 19.5 Å². The number of ether oxygens (including phenoxy) is 3. The SMILES string of the molecule is COc1ccccc1-c1cnnc(N/N=C\c2cccc(OC)c2OCC(=O)[O-])n1. The number of hydrogen-bond donors (Lipinski definition) is 1. The van der Waals surface area contributed by atoms with Gasteiger partial charge in [-0.05, 0) is 24.3 Å². The van der Waals surface area contributed by atoms with Crippen LogP contribution in [0.4, 0.5) is 5.95 Å². The largest absolute Gasteiger partial charge is 0.546 e. The molecule has 0 saturated carbocycles. The Hall–Kier alpha value is -4.21. The lowest BCUT2D eigenvalue weighted by molar-refractivity contribution is -0.307. The number of hydrazone groups is 1. The molecule has 0 bridgehead atoms. The van der Waals surface area contributed by atoms with Crippen LogP contribution in [-0.2, 0) is 4.79 Å². The van der Waals surface area contributed by atoms with Gasteiger partial charge >= 0.3 is 0 Å². The van der Waals surface area contributed by atoms with Gasteiger partial charge in [-0.2, -0.15) is 10.2 Å². The summed E-state index contributed by atoms with van der Waals surface area (Å²) < 4.78 is 15.8.